The highest BCUT2D eigenvalue weighted by molar-refractivity contribution is 6.21. The lowest BCUT2D eigenvalue weighted by Crippen LogP contribution is -1.91. The van der Waals surface area contributed by atoms with Crippen LogP contribution in [0, 0.1) is 0 Å². The Hall–Kier alpha value is 0.540. The lowest BCUT2D eigenvalue weighted by Gasteiger charge is -1.88. The van der Waals surface area contributed by atoms with Gasteiger partial charge in [-0.25, -0.2) is 5.11 Å². The van der Waals surface area contributed by atoms with Crippen molar-refractivity contribution in [3.05, 3.63) is 0 Å². The molecule has 0 aromatic carbocycles. The number of alkyl halides is 2. The molecule has 3 heteroatoms. The van der Waals surface area contributed by atoms with Crippen LogP contribution >= 0.6 is 23.2 Å². The minimum absolute atomic E-state index is 0.350. The molecule has 0 aromatic rings. The molecule has 0 fully saturated rings. The zero-order chi connectivity index (χ0) is 4.99. The standard InChI is InChI=1S/C3H5Cl2O/c4-2-1-3(5)6/h3H,1-2H2. The quantitative estimate of drug-likeness (QED) is 0.503. The van der Waals surface area contributed by atoms with E-state index in [4.69, 9.17) is 23.2 Å². The first kappa shape index (κ1) is 6.54. The van der Waals surface area contributed by atoms with Crippen LogP contribution in [0.2, 0.25) is 0 Å². The molecule has 0 spiro atoms. The zero-order valence-corrected chi connectivity index (χ0v) is 4.67. The monoisotopic (exact) mass is 127 g/mol. The van der Waals surface area contributed by atoms with Gasteiger partial charge in [-0.15, -0.1) is 11.6 Å². The maximum atomic E-state index is 9.81. The number of rotatable bonds is 2. The Morgan fingerprint density at radius 2 is 2.17 bits per heavy atom. The summed E-state index contributed by atoms with van der Waals surface area (Å²) in [7, 11) is 0. The van der Waals surface area contributed by atoms with Gasteiger partial charge in [-0.1, -0.05) is 11.6 Å². The molecule has 0 saturated carbocycles. The van der Waals surface area contributed by atoms with Crippen LogP contribution in [-0.4, -0.2) is 11.4 Å². The van der Waals surface area contributed by atoms with Crippen LogP contribution in [0.1, 0.15) is 6.42 Å². The normalized spacial score (nSPS) is 14.5. The van der Waals surface area contributed by atoms with Crippen LogP contribution in [0.15, 0.2) is 0 Å². The van der Waals surface area contributed by atoms with Gasteiger partial charge in [0.05, 0.1) is 0 Å². The molecule has 0 aliphatic rings. The Labute approximate surface area is 46.9 Å². The summed E-state index contributed by atoms with van der Waals surface area (Å²) in [5.74, 6) is 0.359. The van der Waals surface area contributed by atoms with Gasteiger partial charge in [0.1, 0.15) is 0 Å². The third-order valence-electron chi connectivity index (χ3n) is 0.336. The summed E-state index contributed by atoms with van der Waals surface area (Å²) in [6, 6.07) is 0. The Morgan fingerprint density at radius 1 is 1.67 bits per heavy atom. The maximum absolute atomic E-state index is 9.81. The second kappa shape index (κ2) is 3.72. The van der Waals surface area contributed by atoms with Gasteiger partial charge in [-0.3, -0.25) is 0 Å². The van der Waals surface area contributed by atoms with Gasteiger partial charge < -0.3 is 0 Å². The minimum atomic E-state index is -1.01. The summed E-state index contributed by atoms with van der Waals surface area (Å²) in [5, 5.41) is 9.81. The minimum Gasteiger partial charge on any atom is -0.216 e. The number of hydrogen-bond donors (Lipinski definition) is 0. The molecule has 0 rings (SSSR count). The summed E-state index contributed by atoms with van der Waals surface area (Å²) in [6.07, 6.45) is 0.350. The van der Waals surface area contributed by atoms with Crippen molar-refractivity contribution in [2.45, 2.75) is 12.0 Å². The molecule has 0 saturated heterocycles. The van der Waals surface area contributed by atoms with Crippen molar-refractivity contribution in [2.24, 2.45) is 0 Å². The van der Waals surface area contributed by atoms with Crippen molar-refractivity contribution in [1.82, 2.24) is 0 Å². The van der Waals surface area contributed by atoms with Gasteiger partial charge in [0, 0.05) is 12.3 Å². The van der Waals surface area contributed by atoms with Crippen LogP contribution in [0.25, 0.3) is 0 Å². The topological polar surface area (TPSA) is 19.9 Å². The van der Waals surface area contributed by atoms with Gasteiger partial charge in [-0.2, -0.15) is 0 Å². The highest BCUT2D eigenvalue weighted by Gasteiger charge is 1.94. The molecule has 0 aliphatic carbocycles. The van der Waals surface area contributed by atoms with Crippen molar-refractivity contribution in [3.63, 3.8) is 0 Å². The molecule has 0 amide bonds. The second-order valence-corrected chi connectivity index (χ2v) is 1.75. The van der Waals surface area contributed by atoms with Crippen LogP contribution < -0.4 is 0 Å². The fourth-order valence-corrected chi connectivity index (χ4v) is 0.505. The van der Waals surface area contributed by atoms with E-state index in [0.29, 0.717) is 12.3 Å². The molecular weight excluding hydrogens is 123 g/mol. The Kier molecular flexibility index (Phi) is 4.06. The molecular formula is C3H5Cl2O. The highest BCUT2D eigenvalue weighted by atomic mass is 35.5. The van der Waals surface area contributed by atoms with Crippen molar-refractivity contribution in [3.8, 4) is 0 Å². The van der Waals surface area contributed by atoms with E-state index >= 15 is 0 Å². The summed E-state index contributed by atoms with van der Waals surface area (Å²) >= 11 is 10.0. The molecule has 37 valence electrons. The largest absolute Gasteiger partial charge is 0.216 e. The lowest BCUT2D eigenvalue weighted by molar-refractivity contribution is 0.156. The summed E-state index contributed by atoms with van der Waals surface area (Å²) in [4.78, 5) is 0. The second-order valence-electron chi connectivity index (χ2n) is 0.888. The molecule has 0 N–H and O–H groups in total. The molecule has 1 atom stereocenters. The van der Waals surface area contributed by atoms with Crippen molar-refractivity contribution < 1.29 is 5.11 Å². The van der Waals surface area contributed by atoms with Gasteiger partial charge >= 0.3 is 0 Å². The van der Waals surface area contributed by atoms with Gasteiger partial charge in [0.25, 0.3) is 0 Å². The summed E-state index contributed by atoms with van der Waals surface area (Å²) in [6.45, 7) is 0. The molecule has 0 aromatic heterocycles. The van der Waals surface area contributed by atoms with E-state index in [1.54, 1.807) is 0 Å². The van der Waals surface area contributed by atoms with E-state index in [9.17, 15) is 5.11 Å². The van der Waals surface area contributed by atoms with E-state index < -0.39 is 5.56 Å². The molecule has 0 heterocycles. The van der Waals surface area contributed by atoms with E-state index in [0.717, 1.165) is 0 Å². The first-order chi connectivity index (χ1) is 2.77. The summed E-state index contributed by atoms with van der Waals surface area (Å²) in [5.41, 5.74) is -1.01. The predicted octanol–water partition coefficient (Wildman–Crippen LogP) is 1.61. The van der Waals surface area contributed by atoms with E-state index in [2.05, 4.69) is 0 Å². The number of hydrogen-bond acceptors (Lipinski definition) is 0. The first-order valence-electron chi connectivity index (χ1n) is 1.63. The highest BCUT2D eigenvalue weighted by Crippen LogP contribution is 1.97. The van der Waals surface area contributed by atoms with Crippen molar-refractivity contribution in [1.29, 1.82) is 0 Å². The summed E-state index contributed by atoms with van der Waals surface area (Å²) < 4.78 is 0. The smallest absolute Gasteiger partial charge is 0.167 e. The average molecular weight is 128 g/mol. The van der Waals surface area contributed by atoms with E-state index in [-0.39, 0.29) is 0 Å². The maximum Gasteiger partial charge on any atom is 0.167 e. The van der Waals surface area contributed by atoms with Crippen LogP contribution in [0.4, 0.5) is 0 Å². The van der Waals surface area contributed by atoms with Gasteiger partial charge in [0.2, 0.25) is 0 Å². The van der Waals surface area contributed by atoms with Gasteiger partial charge in [-0.05, 0) is 0 Å². The van der Waals surface area contributed by atoms with Crippen LogP contribution in [0.5, 0.6) is 0 Å². The van der Waals surface area contributed by atoms with Crippen molar-refractivity contribution in [2.75, 3.05) is 5.88 Å². The molecule has 1 nitrogen and oxygen atoms in total. The molecule has 6 heavy (non-hydrogen) atoms. The van der Waals surface area contributed by atoms with E-state index in [1.165, 1.54) is 0 Å². The zero-order valence-electron chi connectivity index (χ0n) is 3.16. The van der Waals surface area contributed by atoms with Crippen LogP contribution in [-0.2, 0) is 5.11 Å². The molecule has 1 radical (unpaired) electrons. The molecule has 1 unspecified atom stereocenters. The fourth-order valence-electron chi connectivity index (χ4n) is 0.0858. The molecule has 0 bridgehead atoms. The van der Waals surface area contributed by atoms with Crippen LogP contribution in [0.3, 0.4) is 0 Å². The average Bonchev–Trinajstić information content (AvgIpc) is 1.35. The Bertz CT molecular complexity index is 30.0. The third-order valence-corrected chi connectivity index (χ3v) is 0.773. The Morgan fingerprint density at radius 3 is 2.17 bits per heavy atom. The SMILES string of the molecule is [O]C(Cl)CCCl. The predicted molar refractivity (Wildman–Crippen MR) is 25.7 cm³/mol. The third kappa shape index (κ3) is 4.54. The first-order valence-corrected chi connectivity index (χ1v) is 2.60. The van der Waals surface area contributed by atoms with E-state index in [1.807, 2.05) is 0 Å². The fraction of sp³-hybridized carbons (Fsp3) is 1.00. The van der Waals surface area contributed by atoms with Gasteiger partial charge in [0.15, 0.2) is 5.56 Å². The Balaban J connectivity index is 2.63. The molecule has 0 aliphatic heterocycles. The lowest BCUT2D eigenvalue weighted by atomic mass is 10.5. The van der Waals surface area contributed by atoms with Crippen molar-refractivity contribution >= 4 is 23.2 Å². The number of halogens is 2.